The highest BCUT2D eigenvalue weighted by Gasteiger charge is 2.20. The van der Waals surface area contributed by atoms with E-state index < -0.39 is 10.0 Å². The standard InChI is InChI=1S/C10H22N2O4S/c1-5-6-9(12(2)3)10(13)16-8-7-11-17(4,14)15/h9,11H,5-8H2,1-4H3/t9-/m0/s1. The summed E-state index contributed by atoms with van der Waals surface area (Å²) >= 11 is 0. The van der Waals surface area contributed by atoms with Crippen LogP contribution >= 0.6 is 0 Å². The van der Waals surface area contributed by atoms with Crippen LogP contribution in [0.25, 0.3) is 0 Å². The summed E-state index contributed by atoms with van der Waals surface area (Å²) < 4.78 is 28.8. The maximum Gasteiger partial charge on any atom is 0.323 e. The molecule has 0 saturated heterocycles. The summed E-state index contributed by atoms with van der Waals surface area (Å²) in [6.07, 6.45) is 2.68. The summed E-state index contributed by atoms with van der Waals surface area (Å²) in [4.78, 5) is 13.5. The number of esters is 1. The first-order valence-corrected chi connectivity index (χ1v) is 7.44. The van der Waals surface area contributed by atoms with Crippen LogP contribution < -0.4 is 4.72 Å². The van der Waals surface area contributed by atoms with Crippen LogP contribution in [0.3, 0.4) is 0 Å². The molecule has 0 heterocycles. The Labute approximate surface area is 103 Å². The molecular formula is C10H22N2O4S. The van der Waals surface area contributed by atoms with E-state index in [-0.39, 0.29) is 25.2 Å². The van der Waals surface area contributed by atoms with Gasteiger partial charge in [-0.3, -0.25) is 9.69 Å². The number of nitrogens with zero attached hydrogens (tertiary/aromatic N) is 1. The van der Waals surface area contributed by atoms with E-state index in [4.69, 9.17) is 4.74 Å². The van der Waals surface area contributed by atoms with Gasteiger partial charge in [-0.15, -0.1) is 0 Å². The van der Waals surface area contributed by atoms with E-state index in [1.54, 1.807) is 4.90 Å². The minimum absolute atomic E-state index is 0.0555. The summed E-state index contributed by atoms with van der Waals surface area (Å²) in [7, 11) is 0.411. The molecule has 0 aromatic rings. The first-order valence-electron chi connectivity index (χ1n) is 5.55. The fraction of sp³-hybridized carbons (Fsp3) is 0.900. The van der Waals surface area contributed by atoms with Crippen molar-refractivity contribution in [3.05, 3.63) is 0 Å². The second-order valence-corrected chi connectivity index (χ2v) is 5.94. The second kappa shape index (κ2) is 7.62. The third-order valence-corrected chi connectivity index (χ3v) is 2.90. The molecule has 0 aliphatic rings. The van der Waals surface area contributed by atoms with Crippen LogP contribution in [-0.4, -0.2) is 58.8 Å². The van der Waals surface area contributed by atoms with Crippen LogP contribution in [0.5, 0.6) is 0 Å². The van der Waals surface area contributed by atoms with Gasteiger partial charge in [0.05, 0.1) is 6.26 Å². The lowest BCUT2D eigenvalue weighted by molar-refractivity contribution is -0.149. The molecule has 0 saturated carbocycles. The van der Waals surface area contributed by atoms with Gasteiger partial charge in [-0.25, -0.2) is 13.1 Å². The Bertz CT molecular complexity index is 327. The smallest absolute Gasteiger partial charge is 0.323 e. The van der Waals surface area contributed by atoms with Crippen LogP contribution in [-0.2, 0) is 19.6 Å². The van der Waals surface area contributed by atoms with E-state index in [1.165, 1.54) is 0 Å². The van der Waals surface area contributed by atoms with Crippen LogP contribution in [0, 0.1) is 0 Å². The largest absolute Gasteiger partial charge is 0.463 e. The molecule has 17 heavy (non-hydrogen) atoms. The lowest BCUT2D eigenvalue weighted by atomic mass is 10.1. The molecular weight excluding hydrogens is 244 g/mol. The Morgan fingerprint density at radius 2 is 2.00 bits per heavy atom. The SMILES string of the molecule is CCC[C@@H](C(=O)OCCNS(C)(=O)=O)N(C)C. The number of hydrogen-bond acceptors (Lipinski definition) is 5. The number of rotatable bonds is 8. The molecule has 0 aromatic carbocycles. The van der Waals surface area contributed by atoms with Crippen LogP contribution in [0.1, 0.15) is 19.8 Å². The summed E-state index contributed by atoms with van der Waals surface area (Å²) in [5, 5.41) is 0. The van der Waals surface area contributed by atoms with Crippen LogP contribution in [0.4, 0.5) is 0 Å². The van der Waals surface area contributed by atoms with Gasteiger partial charge in [0.1, 0.15) is 12.6 Å². The summed E-state index contributed by atoms with van der Waals surface area (Å²) in [6.45, 7) is 2.16. The molecule has 0 radical (unpaired) electrons. The highest BCUT2D eigenvalue weighted by molar-refractivity contribution is 7.88. The number of carbonyl (C=O) groups excluding carboxylic acids is 1. The minimum Gasteiger partial charge on any atom is -0.463 e. The van der Waals surface area contributed by atoms with Gasteiger partial charge in [-0.2, -0.15) is 0 Å². The second-order valence-electron chi connectivity index (χ2n) is 4.10. The Balaban J connectivity index is 3.99. The van der Waals surface area contributed by atoms with Gasteiger partial charge in [0.25, 0.3) is 0 Å². The highest BCUT2D eigenvalue weighted by atomic mass is 32.2. The van der Waals surface area contributed by atoms with Crippen molar-refractivity contribution < 1.29 is 17.9 Å². The van der Waals surface area contributed by atoms with Gasteiger partial charge in [-0.1, -0.05) is 13.3 Å². The topological polar surface area (TPSA) is 75.7 Å². The number of nitrogens with one attached hydrogen (secondary N) is 1. The molecule has 102 valence electrons. The van der Waals surface area contributed by atoms with Crippen molar-refractivity contribution in [1.29, 1.82) is 0 Å². The van der Waals surface area contributed by atoms with Gasteiger partial charge in [0.15, 0.2) is 0 Å². The normalized spacial score (nSPS) is 13.7. The van der Waals surface area contributed by atoms with E-state index in [2.05, 4.69) is 4.72 Å². The van der Waals surface area contributed by atoms with E-state index in [1.807, 2.05) is 21.0 Å². The molecule has 0 bridgehead atoms. The molecule has 0 aliphatic carbocycles. The molecule has 0 fully saturated rings. The van der Waals surface area contributed by atoms with Crippen molar-refractivity contribution in [1.82, 2.24) is 9.62 Å². The molecule has 6 nitrogen and oxygen atoms in total. The van der Waals surface area contributed by atoms with Gasteiger partial charge in [0, 0.05) is 6.54 Å². The zero-order valence-corrected chi connectivity index (χ0v) is 11.7. The number of likely N-dealkylation sites (N-methyl/N-ethyl adjacent to an activating group) is 1. The lowest BCUT2D eigenvalue weighted by Gasteiger charge is -2.21. The Morgan fingerprint density at radius 1 is 1.41 bits per heavy atom. The van der Waals surface area contributed by atoms with Crippen LogP contribution in [0.2, 0.25) is 0 Å². The van der Waals surface area contributed by atoms with E-state index in [0.29, 0.717) is 0 Å². The molecule has 1 atom stereocenters. The van der Waals surface area contributed by atoms with Crippen molar-refractivity contribution in [2.24, 2.45) is 0 Å². The van der Waals surface area contributed by atoms with Gasteiger partial charge in [-0.05, 0) is 20.5 Å². The predicted octanol–water partition coefficient (Wildman–Crippen LogP) is -0.191. The zero-order valence-electron chi connectivity index (χ0n) is 10.9. The van der Waals surface area contributed by atoms with Crippen molar-refractivity contribution in [2.75, 3.05) is 33.5 Å². The van der Waals surface area contributed by atoms with Gasteiger partial charge < -0.3 is 4.74 Å². The third-order valence-electron chi connectivity index (χ3n) is 2.17. The van der Waals surface area contributed by atoms with Gasteiger partial charge >= 0.3 is 5.97 Å². The van der Waals surface area contributed by atoms with Crippen molar-refractivity contribution >= 4 is 16.0 Å². The highest BCUT2D eigenvalue weighted by Crippen LogP contribution is 2.05. The lowest BCUT2D eigenvalue weighted by Crippen LogP contribution is -2.38. The molecule has 0 unspecified atom stereocenters. The van der Waals surface area contributed by atoms with E-state index in [9.17, 15) is 13.2 Å². The first-order chi connectivity index (χ1) is 7.78. The number of carbonyl (C=O) groups is 1. The molecule has 1 N–H and O–H groups in total. The summed E-state index contributed by atoms with van der Waals surface area (Å²) in [5.74, 6) is -0.313. The van der Waals surface area contributed by atoms with Crippen molar-refractivity contribution in [3.63, 3.8) is 0 Å². The predicted molar refractivity (Wildman–Crippen MR) is 66.2 cm³/mol. The molecule has 0 rings (SSSR count). The molecule has 0 spiro atoms. The van der Waals surface area contributed by atoms with E-state index in [0.717, 1.165) is 19.1 Å². The van der Waals surface area contributed by atoms with Gasteiger partial charge in [0.2, 0.25) is 10.0 Å². The Morgan fingerprint density at radius 3 is 2.41 bits per heavy atom. The van der Waals surface area contributed by atoms with Crippen LogP contribution in [0.15, 0.2) is 0 Å². The maximum atomic E-state index is 11.7. The first kappa shape index (κ1) is 16.3. The Kier molecular flexibility index (Phi) is 7.33. The summed E-state index contributed by atoms with van der Waals surface area (Å²) in [6, 6.07) is -0.266. The quantitative estimate of drug-likeness (QED) is 0.487. The molecule has 7 heteroatoms. The minimum atomic E-state index is -3.22. The van der Waals surface area contributed by atoms with Crippen molar-refractivity contribution in [3.8, 4) is 0 Å². The number of sulfonamides is 1. The average Bonchev–Trinajstić information content (AvgIpc) is 2.18. The number of hydrogen-bond donors (Lipinski definition) is 1. The fourth-order valence-electron chi connectivity index (χ4n) is 1.34. The van der Waals surface area contributed by atoms with Crippen molar-refractivity contribution in [2.45, 2.75) is 25.8 Å². The zero-order chi connectivity index (χ0) is 13.5. The fourth-order valence-corrected chi connectivity index (χ4v) is 1.79. The Hall–Kier alpha value is -0.660. The number of ether oxygens (including phenoxy) is 1. The molecule has 0 amide bonds. The molecule has 0 aliphatic heterocycles. The molecule has 0 aromatic heterocycles. The summed E-state index contributed by atoms with van der Waals surface area (Å²) in [5.41, 5.74) is 0. The average molecular weight is 266 g/mol. The monoisotopic (exact) mass is 266 g/mol. The van der Waals surface area contributed by atoms with E-state index >= 15 is 0 Å². The third kappa shape index (κ3) is 8.12. The maximum absolute atomic E-state index is 11.7.